The Bertz CT molecular complexity index is 391. The van der Waals surface area contributed by atoms with E-state index in [9.17, 15) is 13.6 Å². The van der Waals surface area contributed by atoms with Crippen LogP contribution in [0.5, 0.6) is 0 Å². The molecule has 0 heterocycles. The summed E-state index contributed by atoms with van der Waals surface area (Å²) >= 11 is 5.73. The molecule has 0 bridgehead atoms. The molecule has 0 amide bonds. The molecule has 0 fully saturated rings. The van der Waals surface area contributed by atoms with Crippen molar-refractivity contribution in [3.63, 3.8) is 0 Å². The van der Waals surface area contributed by atoms with Crippen LogP contribution in [0.15, 0.2) is 18.2 Å². The minimum Gasteiger partial charge on any atom is -0.254 e. The van der Waals surface area contributed by atoms with Gasteiger partial charge in [0.05, 0.1) is 6.16 Å². The molecule has 1 rings (SSSR count). The fourth-order valence-corrected chi connectivity index (χ4v) is 2.16. The van der Waals surface area contributed by atoms with Crippen LogP contribution in [0.25, 0.3) is 0 Å². The Morgan fingerprint density at radius 1 is 1.40 bits per heavy atom. The lowest BCUT2D eigenvalue weighted by Gasteiger charge is -2.08. The first-order valence-corrected chi connectivity index (χ1v) is 5.91. The van der Waals surface area contributed by atoms with Crippen LogP contribution in [0.2, 0.25) is 5.02 Å². The molecule has 0 saturated carbocycles. The van der Waals surface area contributed by atoms with Crippen LogP contribution in [0.1, 0.15) is 11.1 Å². The number of halogens is 3. The fraction of sp³-hybridized carbons (Fsp3) is 0.125. The smallest absolute Gasteiger partial charge is 0.254 e. The molecule has 1 radical (unpaired) electrons. The van der Waals surface area contributed by atoms with Gasteiger partial charge in [-0.25, -0.2) is 0 Å². The first-order valence-electron chi connectivity index (χ1n) is 3.81. The third-order valence-electron chi connectivity index (χ3n) is 1.69. The maximum Gasteiger partial charge on any atom is 0.399 e. The van der Waals surface area contributed by atoms with Crippen LogP contribution in [-0.4, -0.2) is 0 Å². The molecule has 0 unspecified atom stereocenters. The highest BCUT2D eigenvalue weighted by Gasteiger charge is 2.28. The third kappa shape index (κ3) is 3.24. The van der Waals surface area contributed by atoms with Gasteiger partial charge in [0.1, 0.15) is 0 Å². The van der Waals surface area contributed by atoms with Crippen molar-refractivity contribution in [2.75, 3.05) is 0 Å². The summed E-state index contributed by atoms with van der Waals surface area (Å²) in [7, 11) is -4.38. The summed E-state index contributed by atoms with van der Waals surface area (Å²) in [5, 5.41) is 0.192. The van der Waals surface area contributed by atoms with E-state index in [-0.39, 0.29) is 10.6 Å². The Labute approximate surface area is 90.3 Å². The highest BCUT2D eigenvalue weighted by atomic mass is 35.5. The van der Waals surface area contributed by atoms with Crippen LogP contribution in [-0.2, 0) is 20.2 Å². The topological polar surface area (TPSA) is 35.5 Å². The highest BCUT2D eigenvalue weighted by Crippen LogP contribution is 2.52. The Morgan fingerprint density at radius 3 is 2.47 bits per heavy atom. The molecule has 0 aromatic heterocycles. The van der Waals surface area contributed by atoms with Gasteiger partial charge in [-0.3, -0.25) is 4.57 Å². The molecule has 0 aliphatic carbocycles. The molecule has 0 spiro atoms. The lowest BCUT2D eigenvalue weighted by atomic mass is 10.2. The lowest BCUT2D eigenvalue weighted by Crippen LogP contribution is -1.91. The van der Waals surface area contributed by atoms with E-state index in [4.69, 9.17) is 11.6 Å². The van der Waals surface area contributed by atoms with Gasteiger partial charge < -0.3 is 0 Å². The maximum atomic E-state index is 11.8. The van der Waals surface area contributed by atoms with Crippen molar-refractivity contribution in [1.82, 2.24) is 0 Å². The minimum atomic E-state index is -4.38. The molecule has 1 aromatic carbocycles. The highest BCUT2D eigenvalue weighted by molar-refractivity contribution is 7.52. The summed E-state index contributed by atoms with van der Waals surface area (Å²) in [5.41, 5.74) is 0.878. The summed E-state index contributed by atoms with van der Waals surface area (Å²) < 4.78 is 40.5. The van der Waals surface area contributed by atoms with Gasteiger partial charge in [-0.15, -0.1) is 9.46 Å². The zero-order valence-corrected chi connectivity index (χ0v) is 9.10. The van der Waals surface area contributed by atoms with Gasteiger partial charge in [-0.2, -0.15) is 0 Å². The zero-order chi connectivity index (χ0) is 11.5. The van der Waals surface area contributed by atoms with Crippen molar-refractivity contribution in [3.8, 4) is 0 Å². The summed E-state index contributed by atoms with van der Waals surface area (Å²) in [6.45, 7) is 3.60. The summed E-state index contributed by atoms with van der Waals surface area (Å²) in [6, 6.07) is 4.47. The van der Waals surface area contributed by atoms with Gasteiger partial charge in [0.15, 0.2) is 0 Å². The molecule has 7 heteroatoms. The van der Waals surface area contributed by atoms with Gasteiger partial charge in [0.25, 0.3) is 0 Å². The molecule has 0 aliphatic rings. The summed E-state index contributed by atoms with van der Waals surface area (Å²) in [6.07, 6.45) is -0.584. The van der Waals surface area contributed by atoms with Crippen LogP contribution >= 0.6 is 19.2 Å². The second kappa shape index (κ2) is 5.03. The van der Waals surface area contributed by atoms with Crippen molar-refractivity contribution in [3.05, 3.63) is 41.3 Å². The first kappa shape index (κ1) is 12.6. The van der Waals surface area contributed by atoms with E-state index in [0.717, 1.165) is 0 Å². The van der Waals surface area contributed by atoms with Gasteiger partial charge in [-0.05, 0) is 33.2 Å². The predicted octanol–water partition coefficient (Wildman–Crippen LogP) is 4.02. The molecule has 0 N–H and O–H groups in total. The van der Waals surface area contributed by atoms with Gasteiger partial charge >= 0.3 is 7.60 Å². The molecule has 3 nitrogen and oxygen atoms in total. The van der Waals surface area contributed by atoms with E-state index < -0.39 is 13.8 Å². The van der Waals surface area contributed by atoms with Gasteiger partial charge in [0, 0.05) is 5.02 Å². The Hall–Kier alpha value is -0.480. The minimum absolute atomic E-state index is 0.192. The maximum absolute atomic E-state index is 11.8. The van der Waals surface area contributed by atoms with Crippen molar-refractivity contribution in [2.45, 2.75) is 6.16 Å². The van der Waals surface area contributed by atoms with E-state index >= 15 is 0 Å². The predicted molar refractivity (Wildman–Crippen MR) is 51.6 cm³/mol. The Kier molecular flexibility index (Phi) is 4.22. The molecule has 0 atom stereocenters. The quantitative estimate of drug-likeness (QED) is 0.762. The average Bonchev–Trinajstić information content (AvgIpc) is 2.22. The van der Waals surface area contributed by atoms with Gasteiger partial charge in [-0.1, -0.05) is 23.7 Å². The zero-order valence-electron chi connectivity index (χ0n) is 7.45. The largest absolute Gasteiger partial charge is 0.399 e. The first-order chi connectivity index (χ1) is 7.00. The van der Waals surface area contributed by atoms with E-state index in [1.807, 2.05) is 0 Å². The van der Waals surface area contributed by atoms with E-state index in [0.29, 0.717) is 5.56 Å². The third-order valence-corrected chi connectivity index (χ3v) is 3.19. The number of hydrogen-bond acceptors (Lipinski definition) is 3. The van der Waals surface area contributed by atoms with Gasteiger partial charge in [0.2, 0.25) is 0 Å². The van der Waals surface area contributed by atoms with Crippen LogP contribution < -0.4 is 0 Å². The molecular formula is C8H7ClF2O3P. The monoisotopic (exact) mass is 255 g/mol. The molecular weight excluding hydrogens is 249 g/mol. The van der Waals surface area contributed by atoms with Crippen molar-refractivity contribution >= 4 is 19.2 Å². The molecule has 83 valence electrons. The molecule has 15 heavy (non-hydrogen) atoms. The van der Waals surface area contributed by atoms with Crippen molar-refractivity contribution < 1.29 is 23.1 Å². The Balaban J connectivity index is 2.94. The summed E-state index contributed by atoms with van der Waals surface area (Å²) in [5.74, 6) is 0. The normalized spacial score (nSPS) is 11.7. The summed E-state index contributed by atoms with van der Waals surface area (Å²) in [4.78, 5) is 0. The van der Waals surface area contributed by atoms with Crippen LogP contribution in [0.4, 0.5) is 9.05 Å². The van der Waals surface area contributed by atoms with E-state index in [1.165, 1.54) is 12.1 Å². The van der Waals surface area contributed by atoms with Crippen LogP contribution in [0.3, 0.4) is 0 Å². The Morgan fingerprint density at radius 2 is 2.00 bits per heavy atom. The standard InChI is InChI=1S/C8H7ClF2O3P/c1-6-2-3-7(8(9)4-6)5-15(12,13-10)14-11/h2-4H,1,5H2. The number of hydrogen-bond donors (Lipinski definition) is 0. The average molecular weight is 256 g/mol. The fourth-order valence-electron chi connectivity index (χ4n) is 0.987. The van der Waals surface area contributed by atoms with E-state index in [2.05, 4.69) is 16.4 Å². The second-order valence-electron chi connectivity index (χ2n) is 2.83. The van der Waals surface area contributed by atoms with E-state index in [1.54, 1.807) is 6.07 Å². The number of rotatable bonds is 4. The molecule has 0 aliphatic heterocycles. The van der Waals surface area contributed by atoms with Crippen LogP contribution in [0, 0.1) is 6.92 Å². The molecule has 0 saturated heterocycles. The molecule has 1 aromatic rings. The van der Waals surface area contributed by atoms with Crippen molar-refractivity contribution in [2.24, 2.45) is 0 Å². The SMILES string of the molecule is [CH2]c1ccc(CP(=O)(OF)OF)c(Cl)c1. The van der Waals surface area contributed by atoms with Crippen molar-refractivity contribution in [1.29, 1.82) is 0 Å². The second-order valence-corrected chi connectivity index (χ2v) is 5.05. The lowest BCUT2D eigenvalue weighted by molar-refractivity contribution is -0.0881. The number of benzene rings is 1.